The molecule has 100 valence electrons. The Labute approximate surface area is 120 Å². The van der Waals surface area contributed by atoms with Gasteiger partial charge in [0, 0.05) is 16.1 Å². The summed E-state index contributed by atoms with van der Waals surface area (Å²) >= 11 is 5.69. The van der Waals surface area contributed by atoms with E-state index in [0.717, 1.165) is 0 Å². The summed E-state index contributed by atoms with van der Waals surface area (Å²) in [5, 5.41) is 2.51. The van der Waals surface area contributed by atoms with Gasteiger partial charge in [-0.3, -0.25) is 19.7 Å². The Morgan fingerprint density at radius 2 is 1.40 bits per heavy atom. The minimum Gasteiger partial charge on any atom is -0.285 e. The molecular formula is C15H10ClNO3. The zero-order chi connectivity index (χ0) is 14.5. The minimum atomic E-state index is -0.971. The fourth-order valence-corrected chi connectivity index (χ4v) is 1.68. The number of ketones is 1. The highest BCUT2D eigenvalue weighted by Crippen LogP contribution is 2.10. The summed E-state index contributed by atoms with van der Waals surface area (Å²) in [5.41, 5.74) is 0.484. The maximum Gasteiger partial charge on any atom is 0.299 e. The van der Waals surface area contributed by atoms with Crippen molar-refractivity contribution in [1.29, 1.82) is 0 Å². The SMILES string of the molecule is O=C(NC(=O)c1ccccc1)C(=O)c1ccc(Cl)cc1. The highest BCUT2D eigenvalue weighted by Gasteiger charge is 2.19. The highest BCUT2D eigenvalue weighted by molar-refractivity contribution is 6.45. The minimum absolute atomic E-state index is 0.174. The monoisotopic (exact) mass is 287 g/mol. The first-order valence-corrected chi connectivity index (χ1v) is 6.16. The molecule has 0 radical (unpaired) electrons. The van der Waals surface area contributed by atoms with E-state index >= 15 is 0 Å². The summed E-state index contributed by atoms with van der Waals surface area (Å²) in [7, 11) is 0. The van der Waals surface area contributed by atoms with Crippen LogP contribution >= 0.6 is 11.6 Å². The second-order valence-electron chi connectivity index (χ2n) is 3.99. The zero-order valence-electron chi connectivity index (χ0n) is 10.3. The van der Waals surface area contributed by atoms with E-state index in [4.69, 9.17) is 11.6 Å². The summed E-state index contributed by atoms with van der Waals surface area (Å²) in [6.07, 6.45) is 0. The van der Waals surface area contributed by atoms with Gasteiger partial charge in [-0.2, -0.15) is 0 Å². The van der Waals surface area contributed by atoms with Crippen molar-refractivity contribution >= 4 is 29.2 Å². The Balaban J connectivity index is 2.07. The number of nitrogens with one attached hydrogen (secondary N) is 1. The molecule has 0 unspecified atom stereocenters. The Morgan fingerprint density at radius 3 is 2.00 bits per heavy atom. The van der Waals surface area contributed by atoms with E-state index in [2.05, 4.69) is 0 Å². The molecule has 0 aliphatic rings. The molecular weight excluding hydrogens is 278 g/mol. The van der Waals surface area contributed by atoms with Crippen molar-refractivity contribution < 1.29 is 14.4 Å². The molecule has 0 spiro atoms. The first-order valence-electron chi connectivity index (χ1n) is 5.78. The number of carbonyl (C=O) groups is 3. The molecule has 0 fully saturated rings. The average Bonchev–Trinajstić information content (AvgIpc) is 2.48. The second kappa shape index (κ2) is 6.12. The number of amides is 2. The van der Waals surface area contributed by atoms with Crippen molar-refractivity contribution in [3.63, 3.8) is 0 Å². The number of rotatable bonds is 3. The lowest BCUT2D eigenvalue weighted by atomic mass is 10.1. The summed E-state index contributed by atoms with van der Waals surface area (Å²) in [5.74, 6) is -2.37. The summed E-state index contributed by atoms with van der Waals surface area (Å²) < 4.78 is 0. The quantitative estimate of drug-likeness (QED) is 0.697. The molecule has 0 aromatic heterocycles. The van der Waals surface area contributed by atoms with Crippen LogP contribution in [0.4, 0.5) is 0 Å². The zero-order valence-corrected chi connectivity index (χ0v) is 11.1. The van der Waals surface area contributed by atoms with Crippen LogP contribution in [0.3, 0.4) is 0 Å². The Hall–Kier alpha value is -2.46. The molecule has 0 saturated carbocycles. The van der Waals surface area contributed by atoms with Crippen LogP contribution in [-0.4, -0.2) is 17.6 Å². The maximum atomic E-state index is 11.8. The molecule has 2 amide bonds. The normalized spacial score (nSPS) is 9.85. The van der Waals surface area contributed by atoms with Gasteiger partial charge in [0.2, 0.25) is 0 Å². The van der Waals surface area contributed by atoms with Gasteiger partial charge in [0.15, 0.2) is 0 Å². The molecule has 0 atom stereocenters. The molecule has 0 saturated heterocycles. The third-order valence-electron chi connectivity index (χ3n) is 2.58. The molecule has 0 bridgehead atoms. The van der Waals surface area contributed by atoms with E-state index in [0.29, 0.717) is 10.6 Å². The van der Waals surface area contributed by atoms with Gasteiger partial charge in [-0.1, -0.05) is 29.8 Å². The van der Waals surface area contributed by atoms with Crippen molar-refractivity contribution in [2.24, 2.45) is 0 Å². The third kappa shape index (κ3) is 3.30. The van der Waals surface area contributed by atoms with Crippen LogP contribution in [0.25, 0.3) is 0 Å². The van der Waals surface area contributed by atoms with Crippen molar-refractivity contribution in [3.05, 3.63) is 70.7 Å². The van der Waals surface area contributed by atoms with E-state index in [1.807, 2.05) is 5.32 Å². The fourth-order valence-electron chi connectivity index (χ4n) is 1.55. The second-order valence-corrected chi connectivity index (χ2v) is 4.42. The number of halogens is 1. The number of carbonyl (C=O) groups excluding carboxylic acids is 3. The third-order valence-corrected chi connectivity index (χ3v) is 2.83. The van der Waals surface area contributed by atoms with Gasteiger partial charge in [-0.25, -0.2) is 0 Å². The summed E-state index contributed by atoms with van der Waals surface area (Å²) in [4.78, 5) is 35.3. The van der Waals surface area contributed by atoms with E-state index in [-0.39, 0.29) is 5.56 Å². The fraction of sp³-hybridized carbons (Fsp3) is 0. The lowest BCUT2D eigenvalue weighted by Crippen LogP contribution is -2.36. The van der Waals surface area contributed by atoms with E-state index in [9.17, 15) is 14.4 Å². The van der Waals surface area contributed by atoms with Crippen molar-refractivity contribution in [2.45, 2.75) is 0 Å². The van der Waals surface area contributed by atoms with Gasteiger partial charge in [0.1, 0.15) is 0 Å². The largest absolute Gasteiger partial charge is 0.299 e. The number of hydrogen-bond donors (Lipinski definition) is 1. The Kier molecular flexibility index (Phi) is 4.27. The predicted octanol–water partition coefficient (Wildman–Crippen LogP) is 2.48. The molecule has 2 aromatic rings. The molecule has 2 aromatic carbocycles. The van der Waals surface area contributed by atoms with Crippen molar-refractivity contribution in [3.8, 4) is 0 Å². The number of imide groups is 1. The van der Waals surface area contributed by atoms with Crippen molar-refractivity contribution in [2.75, 3.05) is 0 Å². The van der Waals surface area contributed by atoms with Crippen LogP contribution in [0.2, 0.25) is 5.02 Å². The average molecular weight is 288 g/mol. The van der Waals surface area contributed by atoms with E-state index in [1.54, 1.807) is 30.3 Å². The van der Waals surface area contributed by atoms with Crippen LogP contribution in [-0.2, 0) is 4.79 Å². The lowest BCUT2D eigenvalue weighted by molar-refractivity contribution is -0.116. The molecule has 1 N–H and O–H groups in total. The highest BCUT2D eigenvalue weighted by atomic mass is 35.5. The molecule has 5 heteroatoms. The Morgan fingerprint density at radius 1 is 0.800 bits per heavy atom. The van der Waals surface area contributed by atoms with Crippen LogP contribution in [0.1, 0.15) is 20.7 Å². The van der Waals surface area contributed by atoms with Crippen LogP contribution in [0.5, 0.6) is 0 Å². The number of hydrogen-bond acceptors (Lipinski definition) is 3. The van der Waals surface area contributed by atoms with Crippen molar-refractivity contribution in [1.82, 2.24) is 5.32 Å². The molecule has 0 aliphatic carbocycles. The van der Waals surface area contributed by atoms with Crippen LogP contribution in [0, 0.1) is 0 Å². The van der Waals surface area contributed by atoms with Gasteiger partial charge < -0.3 is 0 Å². The van der Waals surface area contributed by atoms with Crippen LogP contribution < -0.4 is 5.32 Å². The van der Waals surface area contributed by atoms with Gasteiger partial charge in [-0.15, -0.1) is 0 Å². The molecule has 0 aliphatic heterocycles. The standard InChI is InChI=1S/C15H10ClNO3/c16-12-8-6-10(7-9-12)13(18)15(20)17-14(19)11-4-2-1-3-5-11/h1-9H,(H,17,19,20). The molecule has 0 heterocycles. The van der Waals surface area contributed by atoms with Crippen LogP contribution in [0.15, 0.2) is 54.6 Å². The summed E-state index contributed by atoms with van der Waals surface area (Å²) in [6, 6.07) is 14.0. The predicted molar refractivity (Wildman–Crippen MR) is 74.7 cm³/mol. The van der Waals surface area contributed by atoms with Gasteiger partial charge in [0.25, 0.3) is 17.6 Å². The molecule has 4 nitrogen and oxygen atoms in total. The van der Waals surface area contributed by atoms with Gasteiger partial charge >= 0.3 is 0 Å². The Bertz CT molecular complexity index is 651. The summed E-state index contributed by atoms with van der Waals surface area (Å²) in [6.45, 7) is 0. The maximum absolute atomic E-state index is 11.8. The lowest BCUT2D eigenvalue weighted by Gasteiger charge is -2.03. The first kappa shape index (κ1) is 14.0. The van der Waals surface area contributed by atoms with E-state index < -0.39 is 17.6 Å². The van der Waals surface area contributed by atoms with Gasteiger partial charge in [0.05, 0.1) is 0 Å². The smallest absolute Gasteiger partial charge is 0.285 e. The molecule has 20 heavy (non-hydrogen) atoms. The number of Topliss-reactive ketones (excluding diaryl/α,β-unsaturated/α-hetero) is 1. The first-order chi connectivity index (χ1) is 9.58. The van der Waals surface area contributed by atoms with Gasteiger partial charge in [-0.05, 0) is 36.4 Å². The van der Waals surface area contributed by atoms with E-state index in [1.165, 1.54) is 24.3 Å². The number of benzene rings is 2. The topological polar surface area (TPSA) is 63.2 Å². The molecule has 2 rings (SSSR count).